The third kappa shape index (κ3) is 3.23. The third-order valence-electron chi connectivity index (χ3n) is 4.76. The Balaban J connectivity index is 1.88. The maximum Gasteiger partial charge on any atom is 0.0604 e. The van der Waals surface area contributed by atoms with Crippen LogP contribution in [-0.2, 0) is 0 Å². The Morgan fingerprint density at radius 1 is 0.955 bits per heavy atom. The summed E-state index contributed by atoms with van der Waals surface area (Å²) in [6.45, 7) is 2.19. The first-order valence-corrected chi connectivity index (χ1v) is 8.33. The van der Waals surface area contributed by atoms with E-state index in [0.717, 1.165) is 19.3 Å². The molecule has 0 saturated carbocycles. The standard InChI is InChI=1S/C20H25NO/c1-2-9-17-19(22)14-18(15-10-5-3-6-11-15)21-20(17)16-12-7-4-8-13-16/h3-8,10-13,17-22H,2,9,14H2,1H3/t17-,18-,19+,20-/m1/s1. The van der Waals surface area contributed by atoms with Crippen molar-refractivity contribution in [2.75, 3.05) is 0 Å². The molecular weight excluding hydrogens is 270 g/mol. The lowest BCUT2D eigenvalue weighted by Gasteiger charge is -2.41. The van der Waals surface area contributed by atoms with E-state index in [1.54, 1.807) is 0 Å². The molecular formula is C20H25NO. The largest absolute Gasteiger partial charge is 0.393 e. The van der Waals surface area contributed by atoms with Crippen LogP contribution in [0, 0.1) is 5.92 Å². The van der Waals surface area contributed by atoms with Gasteiger partial charge in [0, 0.05) is 18.0 Å². The molecule has 2 aromatic carbocycles. The molecule has 2 nitrogen and oxygen atoms in total. The fraction of sp³-hybridized carbons (Fsp3) is 0.400. The van der Waals surface area contributed by atoms with Gasteiger partial charge in [-0.2, -0.15) is 0 Å². The molecule has 1 heterocycles. The quantitative estimate of drug-likeness (QED) is 0.884. The summed E-state index contributed by atoms with van der Waals surface area (Å²) >= 11 is 0. The Labute approximate surface area is 133 Å². The van der Waals surface area contributed by atoms with Gasteiger partial charge in [-0.25, -0.2) is 0 Å². The van der Waals surface area contributed by atoms with E-state index in [1.165, 1.54) is 11.1 Å². The molecule has 0 spiro atoms. The van der Waals surface area contributed by atoms with Crippen molar-refractivity contribution in [2.45, 2.75) is 44.4 Å². The number of hydrogen-bond donors (Lipinski definition) is 2. The van der Waals surface area contributed by atoms with Crippen LogP contribution in [0.5, 0.6) is 0 Å². The molecule has 2 N–H and O–H groups in total. The predicted octanol–water partition coefficient (Wildman–Crippen LogP) is 4.24. The van der Waals surface area contributed by atoms with Gasteiger partial charge in [0.15, 0.2) is 0 Å². The Morgan fingerprint density at radius 2 is 1.55 bits per heavy atom. The molecule has 0 amide bonds. The monoisotopic (exact) mass is 295 g/mol. The molecule has 0 aromatic heterocycles. The molecule has 22 heavy (non-hydrogen) atoms. The molecule has 116 valence electrons. The number of aliphatic hydroxyl groups excluding tert-OH is 1. The zero-order valence-corrected chi connectivity index (χ0v) is 13.2. The minimum absolute atomic E-state index is 0.217. The average molecular weight is 295 g/mol. The van der Waals surface area contributed by atoms with Crippen LogP contribution in [-0.4, -0.2) is 11.2 Å². The van der Waals surface area contributed by atoms with Crippen molar-refractivity contribution in [2.24, 2.45) is 5.92 Å². The van der Waals surface area contributed by atoms with E-state index < -0.39 is 0 Å². The van der Waals surface area contributed by atoms with Crippen molar-refractivity contribution < 1.29 is 5.11 Å². The second kappa shape index (κ2) is 7.08. The Hall–Kier alpha value is -1.64. The van der Waals surface area contributed by atoms with Crippen molar-refractivity contribution in [1.82, 2.24) is 5.32 Å². The topological polar surface area (TPSA) is 32.3 Å². The van der Waals surface area contributed by atoms with Gasteiger partial charge in [-0.3, -0.25) is 0 Å². The fourth-order valence-electron chi connectivity index (χ4n) is 3.66. The highest BCUT2D eigenvalue weighted by Gasteiger charge is 2.37. The van der Waals surface area contributed by atoms with Crippen LogP contribution in [0.15, 0.2) is 60.7 Å². The highest BCUT2D eigenvalue weighted by molar-refractivity contribution is 5.25. The molecule has 2 aromatic rings. The van der Waals surface area contributed by atoms with Gasteiger partial charge in [-0.1, -0.05) is 74.0 Å². The van der Waals surface area contributed by atoms with Crippen LogP contribution >= 0.6 is 0 Å². The Kier molecular flexibility index (Phi) is 4.91. The van der Waals surface area contributed by atoms with Crippen LogP contribution < -0.4 is 5.32 Å². The van der Waals surface area contributed by atoms with Crippen LogP contribution in [0.3, 0.4) is 0 Å². The van der Waals surface area contributed by atoms with E-state index in [2.05, 4.69) is 60.8 Å². The lowest BCUT2D eigenvalue weighted by atomic mass is 9.78. The molecule has 1 saturated heterocycles. The molecule has 3 rings (SSSR count). The van der Waals surface area contributed by atoms with Gasteiger partial charge in [0.1, 0.15) is 0 Å². The van der Waals surface area contributed by atoms with E-state index in [4.69, 9.17) is 0 Å². The van der Waals surface area contributed by atoms with E-state index in [0.29, 0.717) is 0 Å². The van der Waals surface area contributed by atoms with E-state index >= 15 is 0 Å². The van der Waals surface area contributed by atoms with Crippen molar-refractivity contribution in [3.05, 3.63) is 71.8 Å². The first kappa shape index (κ1) is 15.3. The summed E-state index contributed by atoms with van der Waals surface area (Å²) in [6, 6.07) is 21.4. The molecule has 0 bridgehead atoms. The number of aliphatic hydroxyl groups is 1. The summed E-state index contributed by atoms with van der Waals surface area (Å²) in [7, 11) is 0. The second-order valence-electron chi connectivity index (χ2n) is 6.27. The third-order valence-corrected chi connectivity index (χ3v) is 4.76. The summed E-state index contributed by atoms with van der Waals surface area (Å²) in [6.07, 6.45) is 2.69. The zero-order valence-electron chi connectivity index (χ0n) is 13.2. The van der Waals surface area contributed by atoms with Crippen LogP contribution in [0.1, 0.15) is 49.4 Å². The molecule has 0 aliphatic carbocycles. The summed E-state index contributed by atoms with van der Waals surface area (Å²) in [5, 5.41) is 14.5. The van der Waals surface area contributed by atoms with Gasteiger partial charge < -0.3 is 10.4 Å². The van der Waals surface area contributed by atoms with Crippen molar-refractivity contribution in [1.29, 1.82) is 0 Å². The second-order valence-corrected chi connectivity index (χ2v) is 6.27. The number of benzene rings is 2. The van der Waals surface area contributed by atoms with Gasteiger partial charge in [-0.05, 0) is 24.0 Å². The van der Waals surface area contributed by atoms with Gasteiger partial charge in [0.25, 0.3) is 0 Å². The summed E-state index contributed by atoms with van der Waals surface area (Å²) in [4.78, 5) is 0. The number of nitrogens with one attached hydrogen (secondary N) is 1. The molecule has 1 fully saturated rings. The minimum Gasteiger partial charge on any atom is -0.393 e. The summed E-state index contributed by atoms with van der Waals surface area (Å²) in [5.74, 6) is 0.285. The molecule has 2 heteroatoms. The lowest BCUT2D eigenvalue weighted by molar-refractivity contribution is 0.0262. The Morgan fingerprint density at radius 3 is 2.14 bits per heavy atom. The van der Waals surface area contributed by atoms with Crippen molar-refractivity contribution in [3.63, 3.8) is 0 Å². The van der Waals surface area contributed by atoms with Crippen LogP contribution in [0.4, 0.5) is 0 Å². The number of hydrogen-bond acceptors (Lipinski definition) is 2. The van der Waals surface area contributed by atoms with E-state index in [-0.39, 0.29) is 24.1 Å². The van der Waals surface area contributed by atoms with E-state index in [9.17, 15) is 5.11 Å². The summed E-state index contributed by atoms with van der Waals surface area (Å²) < 4.78 is 0. The minimum atomic E-state index is -0.253. The summed E-state index contributed by atoms with van der Waals surface area (Å²) in [5.41, 5.74) is 2.54. The predicted molar refractivity (Wildman–Crippen MR) is 90.5 cm³/mol. The lowest BCUT2D eigenvalue weighted by Crippen LogP contribution is -2.44. The fourth-order valence-corrected chi connectivity index (χ4v) is 3.66. The van der Waals surface area contributed by atoms with Crippen molar-refractivity contribution >= 4 is 0 Å². The molecule has 4 atom stereocenters. The molecule has 0 radical (unpaired) electrons. The maximum atomic E-state index is 10.7. The number of piperidine rings is 1. The van der Waals surface area contributed by atoms with Gasteiger partial charge in [0.05, 0.1) is 6.10 Å². The van der Waals surface area contributed by atoms with E-state index in [1.807, 2.05) is 12.1 Å². The number of rotatable bonds is 4. The molecule has 1 aliphatic heterocycles. The van der Waals surface area contributed by atoms with Crippen molar-refractivity contribution in [3.8, 4) is 0 Å². The first-order valence-electron chi connectivity index (χ1n) is 8.33. The van der Waals surface area contributed by atoms with Gasteiger partial charge in [-0.15, -0.1) is 0 Å². The van der Waals surface area contributed by atoms with Crippen LogP contribution in [0.25, 0.3) is 0 Å². The zero-order chi connectivity index (χ0) is 15.4. The maximum absolute atomic E-state index is 10.7. The smallest absolute Gasteiger partial charge is 0.0604 e. The normalized spacial score (nSPS) is 28.5. The highest BCUT2D eigenvalue weighted by Crippen LogP contribution is 2.39. The SMILES string of the molecule is CCC[C@H]1[C@@H](c2ccccc2)N[C@@H](c2ccccc2)C[C@@H]1O. The average Bonchev–Trinajstić information content (AvgIpc) is 2.58. The molecule has 0 unspecified atom stereocenters. The van der Waals surface area contributed by atoms with Gasteiger partial charge in [0.2, 0.25) is 0 Å². The van der Waals surface area contributed by atoms with Crippen LogP contribution in [0.2, 0.25) is 0 Å². The molecule has 1 aliphatic rings. The first-order chi connectivity index (χ1) is 10.8. The van der Waals surface area contributed by atoms with Gasteiger partial charge >= 0.3 is 0 Å². The highest BCUT2D eigenvalue weighted by atomic mass is 16.3. The Bertz CT molecular complexity index is 569.